The van der Waals surface area contributed by atoms with Gasteiger partial charge in [0.1, 0.15) is 5.82 Å². The highest BCUT2D eigenvalue weighted by molar-refractivity contribution is 7.84. The first-order valence-corrected chi connectivity index (χ1v) is 10.7. The molecule has 140 valence electrons. The Hall–Kier alpha value is -2.47. The lowest BCUT2D eigenvalue weighted by Crippen LogP contribution is -2.30. The lowest BCUT2D eigenvalue weighted by molar-refractivity contribution is 0.577. The van der Waals surface area contributed by atoms with Crippen molar-refractivity contribution in [2.45, 2.75) is 37.1 Å². The highest BCUT2D eigenvalue weighted by Crippen LogP contribution is 2.26. The molecule has 0 aliphatic carbocycles. The molecule has 0 N–H and O–H groups in total. The van der Waals surface area contributed by atoms with E-state index in [1.54, 1.807) is 12.4 Å². The van der Waals surface area contributed by atoms with E-state index in [1.165, 1.54) is 24.9 Å². The Morgan fingerprint density at radius 2 is 1.81 bits per heavy atom. The van der Waals surface area contributed by atoms with Crippen LogP contribution in [0.3, 0.4) is 0 Å². The van der Waals surface area contributed by atoms with Gasteiger partial charge in [0.25, 0.3) is 0 Å². The van der Waals surface area contributed by atoms with Gasteiger partial charge in [-0.3, -0.25) is 8.78 Å². The Morgan fingerprint density at radius 1 is 1.00 bits per heavy atom. The van der Waals surface area contributed by atoms with E-state index in [2.05, 4.69) is 33.1 Å². The van der Waals surface area contributed by atoms with Crippen LogP contribution in [0.25, 0.3) is 5.82 Å². The van der Waals surface area contributed by atoms with Gasteiger partial charge in [0.2, 0.25) is 5.16 Å². The molecule has 1 unspecified atom stereocenters. The summed E-state index contributed by atoms with van der Waals surface area (Å²) in [6, 6.07) is 12.2. The molecule has 0 bridgehead atoms. The number of aromatic nitrogens is 3. The van der Waals surface area contributed by atoms with Gasteiger partial charge in [0.15, 0.2) is 0 Å². The third-order valence-corrected chi connectivity index (χ3v) is 6.28. The standard InChI is InChI=1S/C21H24N4OS/c1-17-8-7-11-22-20(17)25-15-12-23-21(25)27(26)16-18-9-3-4-10-19(18)24-13-5-2-6-14-24/h3-4,7-12,15H,2,5-6,13-14,16H2,1H3. The molecule has 6 heteroatoms. The number of pyridine rings is 1. The molecule has 1 aromatic carbocycles. The van der Waals surface area contributed by atoms with Gasteiger partial charge in [0.05, 0.1) is 16.6 Å². The third kappa shape index (κ3) is 3.81. The number of imidazole rings is 1. The Labute approximate surface area is 162 Å². The van der Waals surface area contributed by atoms with Crippen LogP contribution in [-0.4, -0.2) is 31.8 Å². The zero-order valence-electron chi connectivity index (χ0n) is 15.5. The lowest BCUT2D eigenvalue weighted by atomic mass is 10.1. The second-order valence-electron chi connectivity index (χ2n) is 6.89. The number of nitrogens with zero attached hydrogens (tertiary/aromatic N) is 4. The van der Waals surface area contributed by atoms with E-state index in [0.29, 0.717) is 10.9 Å². The van der Waals surface area contributed by atoms with Gasteiger partial charge in [0, 0.05) is 37.4 Å². The predicted octanol–water partition coefficient (Wildman–Crippen LogP) is 3.87. The molecule has 5 nitrogen and oxygen atoms in total. The maximum Gasteiger partial charge on any atom is 0.205 e. The topological polar surface area (TPSA) is 51.0 Å². The van der Waals surface area contributed by atoms with Crippen molar-refractivity contribution in [2.75, 3.05) is 18.0 Å². The van der Waals surface area contributed by atoms with Crippen molar-refractivity contribution >= 4 is 16.5 Å². The summed E-state index contributed by atoms with van der Waals surface area (Å²) in [5.74, 6) is 1.23. The molecule has 0 spiro atoms. The summed E-state index contributed by atoms with van der Waals surface area (Å²) in [5, 5.41) is 0.547. The van der Waals surface area contributed by atoms with Crippen LogP contribution in [0.1, 0.15) is 30.4 Å². The smallest absolute Gasteiger partial charge is 0.205 e. The minimum Gasteiger partial charge on any atom is -0.371 e. The van der Waals surface area contributed by atoms with Crippen molar-refractivity contribution in [1.29, 1.82) is 0 Å². The molecule has 3 heterocycles. The highest BCUT2D eigenvalue weighted by Gasteiger charge is 2.19. The van der Waals surface area contributed by atoms with Crippen LogP contribution in [0.15, 0.2) is 60.1 Å². The number of anilines is 1. The van der Waals surface area contributed by atoms with Gasteiger partial charge in [-0.2, -0.15) is 0 Å². The van der Waals surface area contributed by atoms with E-state index in [0.717, 1.165) is 30.0 Å². The summed E-state index contributed by atoms with van der Waals surface area (Å²) in [4.78, 5) is 11.2. The zero-order valence-corrected chi connectivity index (χ0v) is 16.4. The minimum absolute atomic E-state index is 0.454. The van der Waals surface area contributed by atoms with Crippen LogP contribution in [0.2, 0.25) is 0 Å². The molecule has 1 fully saturated rings. The summed E-state index contributed by atoms with van der Waals surface area (Å²) >= 11 is 0. The van der Waals surface area contributed by atoms with Gasteiger partial charge < -0.3 is 4.90 Å². The van der Waals surface area contributed by atoms with Crippen LogP contribution in [0.4, 0.5) is 5.69 Å². The molecule has 3 aromatic rings. The molecule has 27 heavy (non-hydrogen) atoms. The summed E-state index contributed by atoms with van der Waals surface area (Å²) < 4.78 is 15.0. The molecule has 2 aromatic heterocycles. The molecular weight excluding hydrogens is 356 g/mol. The molecule has 0 amide bonds. The van der Waals surface area contributed by atoms with Crippen LogP contribution >= 0.6 is 0 Å². The Morgan fingerprint density at radius 3 is 2.63 bits per heavy atom. The normalized spacial score (nSPS) is 15.7. The zero-order chi connectivity index (χ0) is 18.6. The quantitative estimate of drug-likeness (QED) is 0.674. The van der Waals surface area contributed by atoms with Crippen molar-refractivity contribution in [2.24, 2.45) is 0 Å². The fraction of sp³-hybridized carbons (Fsp3) is 0.333. The van der Waals surface area contributed by atoms with E-state index >= 15 is 0 Å². The molecule has 0 radical (unpaired) electrons. The second-order valence-corrected chi connectivity index (χ2v) is 8.23. The summed E-state index contributed by atoms with van der Waals surface area (Å²) in [7, 11) is -1.25. The van der Waals surface area contributed by atoms with Crippen LogP contribution in [0, 0.1) is 6.92 Å². The number of rotatable bonds is 5. The fourth-order valence-corrected chi connectivity index (χ4v) is 4.83. The lowest BCUT2D eigenvalue weighted by Gasteiger charge is -2.30. The maximum absolute atomic E-state index is 13.2. The molecule has 1 aliphatic rings. The molecule has 1 saturated heterocycles. The van der Waals surface area contributed by atoms with Crippen LogP contribution in [0.5, 0.6) is 0 Å². The summed E-state index contributed by atoms with van der Waals surface area (Å²) in [5.41, 5.74) is 3.35. The Bertz CT molecular complexity index is 947. The van der Waals surface area contributed by atoms with Crippen molar-refractivity contribution in [3.05, 3.63) is 66.1 Å². The first-order valence-electron chi connectivity index (χ1n) is 9.40. The molecule has 1 aliphatic heterocycles. The van der Waals surface area contributed by atoms with Crippen LogP contribution in [-0.2, 0) is 16.6 Å². The number of para-hydroxylation sites is 1. The first-order chi connectivity index (χ1) is 13.2. The maximum atomic E-state index is 13.2. The van der Waals surface area contributed by atoms with Gasteiger partial charge in [-0.15, -0.1) is 0 Å². The van der Waals surface area contributed by atoms with Crippen molar-refractivity contribution in [3.8, 4) is 5.82 Å². The highest BCUT2D eigenvalue weighted by atomic mass is 32.2. The van der Waals surface area contributed by atoms with Gasteiger partial charge >= 0.3 is 0 Å². The Kier molecular flexibility index (Phi) is 5.34. The summed E-state index contributed by atoms with van der Waals surface area (Å²) in [6.07, 6.45) is 9.02. The van der Waals surface area contributed by atoms with Gasteiger partial charge in [-0.1, -0.05) is 24.3 Å². The van der Waals surface area contributed by atoms with Gasteiger partial charge in [-0.05, 0) is 49.4 Å². The molecule has 4 rings (SSSR count). The van der Waals surface area contributed by atoms with Crippen LogP contribution < -0.4 is 4.90 Å². The number of hydrogen-bond donors (Lipinski definition) is 0. The number of hydrogen-bond acceptors (Lipinski definition) is 4. The number of aryl methyl sites for hydroxylation is 1. The monoisotopic (exact) mass is 380 g/mol. The molecule has 0 saturated carbocycles. The van der Waals surface area contributed by atoms with E-state index in [1.807, 2.05) is 35.9 Å². The SMILES string of the molecule is Cc1cccnc1-n1ccnc1S(=O)Cc1ccccc1N1CCCCC1. The molecular formula is C21H24N4OS. The average Bonchev–Trinajstić information content (AvgIpc) is 3.19. The van der Waals surface area contributed by atoms with Crippen molar-refractivity contribution < 1.29 is 4.21 Å². The summed E-state index contributed by atoms with van der Waals surface area (Å²) in [6.45, 7) is 4.15. The first kappa shape index (κ1) is 17.9. The fourth-order valence-electron chi connectivity index (χ4n) is 3.63. The van der Waals surface area contributed by atoms with Crippen molar-refractivity contribution in [3.63, 3.8) is 0 Å². The largest absolute Gasteiger partial charge is 0.371 e. The number of piperidine rings is 1. The molecule has 1 atom stereocenters. The minimum atomic E-state index is -1.25. The van der Waals surface area contributed by atoms with E-state index in [4.69, 9.17) is 0 Å². The number of benzene rings is 1. The van der Waals surface area contributed by atoms with Crippen molar-refractivity contribution in [1.82, 2.24) is 14.5 Å². The van der Waals surface area contributed by atoms with E-state index in [-0.39, 0.29) is 0 Å². The average molecular weight is 381 g/mol. The second kappa shape index (κ2) is 8.05. The third-order valence-electron chi connectivity index (χ3n) is 5.00. The predicted molar refractivity (Wildman–Crippen MR) is 109 cm³/mol. The van der Waals surface area contributed by atoms with Gasteiger partial charge in [-0.25, -0.2) is 9.97 Å². The van der Waals surface area contributed by atoms with E-state index < -0.39 is 10.8 Å². The Balaban J connectivity index is 1.61. The van der Waals surface area contributed by atoms with E-state index in [9.17, 15) is 4.21 Å².